The van der Waals surface area contributed by atoms with Crippen LogP contribution in [0, 0.1) is 5.92 Å². The fourth-order valence-corrected chi connectivity index (χ4v) is 3.64. The number of hydrogen-bond acceptors (Lipinski definition) is 1. The third-order valence-electron chi connectivity index (χ3n) is 5.14. The van der Waals surface area contributed by atoms with Crippen molar-refractivity contribution in [2.75, 3.05) is 5.32 Å². The number of benzene rings is 1. The molecule has 1 N–H and O–H groups in total. The number of hydrogen-bond donors (Lipinski definition) is 1. The average Bonchev–Trinajstić information content (AvgIpc) is 2.47. The second-order valence-corrected chi connectivity index (χ2v) is 7.36. The Morgan fingerprint density at radius 3 is 2.38 bits per heavy atom. The Balaban J connectivity index is 2.22. The topological polar surface area (TPSA) is 12.0 Å². The van der Waals surface area contributed by atoms with Crippen LogP contribution in [0.4, 0.5) is 5.69 Å². The third-order valence-corrected chi connectivity index (χ3v) is 5.14. The van der Waals surface area contributed by atoms with Crippen molar-refractivity contribution in [3.05, 3.63) is 29.3 Å². The van der Waals surface area contributed by atoms with Crippen LogP contribution in [-0.2, 0) is 0 Å². The minimum absolute atomic E-state index is 0.579. The lowest BCUT2D eigenvalue weighted by atomic mass is 9.82. The Morgan fingerprint density at radius 1 is 1.05 bits per heavy atom. The molecule has 1 aromatic rings. The molecule has 0 aromatic heterocycles. The molecule has 2 atom stereocenters. The molecule has 1 nitrogen and oxygen atoms in total. The normalized spacial score (nSPS) is 22.8. The molecule has 0 amide bonds. The van der Waals surface area contributed by atoms with Crippen molar-refractivity contribution >= 4 is 5.69 Å². The molecular formula is C20H33N. The van der Waals surface area contributed by atoms with E-state index in [1.165, 1.54) is 48.9 Å². The van der Waals surface area contributed by atoms with E-state index in [4.69, 9.17) is 0 Å². The van der Waals surface area contributed by atoms with Crippen molar-refractivity contribution < 1.29 is 0 Å². The van der Waals surface area contributed by atoms with Crippen LogP contribution in [0.25, 0.3) is 0 Å². The van der Waals surface area contributed by atoms with Crippen molar-refractivity contribution in [3.63, 3.8) is 0 Å². The Bertz CT molecular complexity index is 447. The Labute approximate surface area is 131 Å². The lowest BCUT2D eigenvalue weighted by Gasteiger charge is -2.33. The van der Waals surface area contributed by atoms with E-state index in [1.807, 2.05) is 0 Å². The van der Waals surface area contributed by atoms with E-state index in [-0.39, 0.29) is 0 Å². The lowest BCUT2D eigenvalue weighted by molar-refractivity contribution is 0.317. The van der Waals surface area contributed by atoms with Gasteiger partial charge < -0.3 is 5.32 Å². The molecule has 0 saturated heterocycles. The van der Waals surface area contributed by atoms with Gasteiger partial charge in [0.05, 0.1) is 0 Å². The van der Waals surface area contributed by atoms with Crippen molar-refractivity contribution in [2.45, 2.75) is 84.6 Å². The summed E-state index contributed by atoms with van der Waals surface area (Å²) >= 11 is 0. The molecule has 2 rings (SSSR count). The zero-order valence-electron chi connectivity index (χ0n) is 14.6. The molecule has 1 aliphatic rings. The predicted molar refractivity (Wildman–Crippen MR) is 94.3 cm³/mol. The van der Waals surface area contributed by atoms with Gasteiger partial charge in [-0.25, -0.2) is 0 Å². The van der Waals surface area contributed by atoms with Crippen molar-refractivity contribution in [1.82, 2.24) is 0 Å². The van der Waals surface area contributed by atoms with E-state index < -0.39 is 0 Å². The summed E-state index contributed by atoms with van der Waals surface area (Å²) in [6.45, 7) is 11.5. The lowest BCUT2D eigenvalue weighted by Crippen LogP contribution is -2.32. The minimum atomic E-state index is 0.579. The zero-order valence-corrected chi connectivity index (χ0v) is 14.6. The third kappa shape index (κ3) is 4.02. The molecule has 1 heteroatoms. The van der Waals surface area contributed by atoms with Crippen LogP contribution in [0.1, 0.15) is 89.7 Å². The summed E-state index contributed by atoms with van der Waals surface area (Å²) in [5.41, 5.74) is 4.32. The molecule has 0 radical (unpaired) electrons. The van der Waals surface area contributed by atoms with Gasteiger partial charge >= 0.3 is 0 Å². The van der Waals surface area contributed by atoms with E-state index in [9.17, 15) is 0 Å². The van der Waals surface area contributed by atoms with Gasteiger partial charge in [0, 0.05) is 11.7 Å². The second kappa shape index (κ2) is 7.33. The highest BCUT2D eigenvalue weighted by Gasteiger charge is 2.24. The van der Waals surface area contributed by atoms with Gasteiger partial charge in [-0.15, -0.1) is 0 Å². The fraction of sp³-hybridized carbons (Fsp3) is 0.700. The van der Waals surface area contributed by atoms with E-state index in [0.717, 1.165) is 5.92 Å². The van der Waals surface area contributed by atoms with Crippen LogP contribution in [0.5, 0.6) is 0 Å². The molecule has 0 heterocycles. The summed E-state index contributed by atoms with van der Waals surface area (Å²) in [5.74, 6) is 2.04. The van der Waals surface area contributed by atoms with Gasteiger partial charge in [-0.2, -0.15) is 0 Å². The highest BCUT2D eigenvalue weighted by atomic mass is 14.9. The molecule has 0 aliphatic heterocycles. The van der Waals surface area contributed by atoms with E-state index in [0.29, 0.717) is 17.9 Å². The van der Waals surface area contributed by atoms with Crippen LogP contribution >= 0.6 is 0 Å². The van der Waals surface area contributed by atoms with Crippen LogP contribution in [0.15, 0.2) is 18.2 Å². The monoisotopic (exact) mass is 287 g/mol. The van der Waals surface area contributed by atoms with Crippen LogP contribution < -0.4 is 5.32 Å². The molecule has 0 spiro atoms. The Morgan fingerprint density at radius 2 is 1.76 bits per heavy atom. The summed E-state index contributed by atoms with van der Waals surface area (Å²) in [6, 6.07) is 7.72. The maximum Gasteiger partial charge on any atom is 0.0377 e. The van der Waals surface area contributed by atoms with Gasteiger partial charge in [-0.3, -0.25) is 0 Å². The molecular weight excluding hydrogens is 254 g/mol. The summed E-state index contributed by atoms with van der Waals surface area (Å²) in [5, 5.41) is 3.90. The maximum absolute atomic E-state index is 3.90. The molecule has 1 fully saturated rings. The molecule has 2 unspecified atom stereocenters. The molecule has 118 valence electrons. The maximum atomic E-state index is 3.90. The largest absolute Gasteiger partial charge is 0.382 e. The first-order valence-corrected chi connectivity index (χ1v) is 8.93. The van der Waals surface area contributed by atoms with E-state index in [1.54, 1.807) is 0 Å². The SMILES string of the molecule is CCC1CCCCC1Nc1ccc(C(C)C)cc1C(C)C. The summed E-state index contributed by atoms with van der Waals surface area (Å²) in [4.78, 5) is 0. The second-order valence-electron chi connectivity index (χ2n) is 7.36. The van der Waals surface area contributed by atoms with Crippen LogP contribution in [-0.4, -0.2) is 6.04 Å². The first kappa shape index (κ1) is 16.4. The average molecular weight is 287 g/mol. The summed E-state index contributed by atoms with van der Waals surface area (Å²) in [6.07, 6.45) is 6.84. The smallest absolute Gasteiger partial charge is 0.0377 e. The Kier molecular flexibility index (Phi) is 5.72. The summed E-state index contributed by atoms with van der Waals surface area (Å²) < 4.78 is 0. The highest BCUT2D eigenvalue weighted by Crippen LogP contribution is 2.33. The molecule has 1 aliphatic carbocycles. The molecule has 1 aromatic carbocycles. The fourth-order valence-electron chi connectivity index (χ4n) is 3.64. The van der Waals surface area contributed by atoms with Crippen molar-refractivity contribution in [1.29, 1.82) is 0 Å². The summed E-state index contributed by atoms with van der Waals surface area (Å²) in [7, 11) is 0. The number of anilines is 1. The van der Waals surface area contributed by atoms with E-state index in [2.05, 4.69) is 58.1 Å². The quantitative estimate of drug-likeness (QED) is 0.668. The standard InChI is InChI=1S/C20H33N/c1-6-16-9-7-8-10-19(16)21-20-12-11-17(14(2)3)13-18(20)15(4)5/h11-16,19,21H,6-10H2,1-5H3. The van der Waals surface area contributed by atoms with Crippen molar-refractivity contribution in [2.24, 2.45) is 5.92 Å². The first-order valence-electron chi connectivity index (χ1n) is 8.93. The highest BCUT2D eigenvalue weighted by molar-refractivity contribution is 5.55. The molecule has 1 saturated carbocycles. The minimum Gasteiger partial charge on any atom is -0.382 e. The van der Waals surface area contributed by atoms with Gasteiger partial charge in [-0.1, -0.05) is 66.0 Å². The van der Waals surface area contributed by atoms with Crippen LogP contribution in [0.2, 0.25) is 0 Å². The first-order chi connectivity index (χ1) is 10.0. The van der Waals surface area contributed by atoms with Gasteiger partial charge in [0.1, 0.15) is 0 Å². The van der Waals surface area contributed by atoms with Gasteiger partial charge in [0.15, 0.2) is 0 Å². The van der Waals surface area contributed by atoms with Gasteiger partial charge in [0.25, 0.3) is 0 Å². The van der Waals surface area contributed by atoms with Crippen molar-refractivity contribution in [3.8, 4) is 0 Å². The van der Waals surface area contributed by atoms with E-state index >= 15 is 0 Å². The number of nitrogens with one attached hydrogen (secondary N) is 1. The predicted octanol–water partition coefficient (Wildman–Crippen LogP) is 6.31. The molecule has 0 bridgehead atoms. The van der Waals surface area contributed by atoms with Crippen LogP contribution in [0.3, 0.4) is 0 Å². The number of rotatable bonds is 5. The van der Waals surface area contributed by atoms with Gasteiger partial charge in [-0.05, 0) is 47.8 Å². The Hall–Kier alpha value is -0.980. The van der Waals surface area contributed by atoms with Gasteiger partial charge in [0.2, 0.25) is 0 Å². The zero-order chi connectivity index (χ0) is 15.4. The molecule has 21 heavy (non-hydrogen) atoms.